The summed E-state index contributed by atoms with van der Waals surface area (Å²) in [5.41, 5.74) is 1.46. The highest BCUT2D eigenvalue weighted by molar-refractivity contribution is 8.26. The summed E-state index contributed by atoms with van der Waals surface area (Å²) < 4.78 is 0.311. The molecule has 2 aromatic carbocycles. The van der Waals surface area contributed by atoms with E-state index in [0.717, 1.165) is 17.3 Å². The fraction of sp³-hybridized carbons (Fsp3) is 0.0588. The van der Waals surface area contributed by atoms with E-state index in [1.165, 1.54) is 12.1 Å². The monoisotopic (exact) mass is 372 g/mol. The number of nitro groups is 1. The molecule has 8 heteroatoms. The Labute approximate surface area is 152 Å². The summed E-state index contributed by atoms with van der Waals surface area (Å²) in [6, 6.07) is 12.5. The standard InChI is InChI=1S/C17H12N2O4S2/c20-15-12(9-14-16(21)18-17(24)25-14)7-11(8-13(15)19(22)23)6-10-4-2-1-3-5-10/h1-5,7-9,20H,6H2,(H,18,21,24)/b14-9+. The molecule has 0 atom stereocenters. The molecule has 1 heterocycles. The average molecular weight is 372 g/mol. The lowest BCUT2D eigenvalue weighted by Gasteiger charge is -2.07. The lowest BCUT2D eigenvalue weighted by atomic mass is 10.0. The molecule has 1 saturated heterocycles. The van der Waals surface area contributed by atoms with Gasteiger partial charge in [0.05, 0.1) is 9.83 Å². The number of carbonyl (C=O) groups is 1. The van der Waals surface area contributed by atoms with Crippen LogP contribution in [0.4, 0.5) is 5.69 Å². The zero-order valence-corrected chi connectivity index (χ0v) is 14.4. The van der Waals surface area contributed by atoms with Crippen LogP contribution in [-0.4, -0.2) is 20.3 Å². The van der Waals surface area contributed by atoms with Gasteiger partial charge in [0.15, 0.2) is 0 Å². The molecule has 1 aliphatic heterocycles. The topological polar surface area (TPSA) is 92.5 Å². The van der Waals surface area contributed by atoms with Gasteiger partial charge in [-0.3, -0.25) is 14.9 Å². The van der Waals surface area contributed by atoms with E-state index in [4.69, 9.17) is 12.2 Å². The number of carbonyl (C=O) groups excluding carboxylic acids is 1. The fourth-order valence-corrected chi connectivity index (χ4v) is 3.48. The van der Waals surface area contributed by atoms with E-state index in [2.05, 4.69) is 5.32 Å². The summed E-state index contributed by atoms with van der Waals surface area (Å²) in [6.07, 6.45) is 1.88. The Morgan fingerprint density at radius 1 is 1.24 bits per heavy atom. The Balaban J connectivity index is 2.05. The van der Waals surface area contributed by atoms with E-state index in [0.29, 0.717) is 16.3 Å². The van der Waals surface area contributed by atoms with Crippen LogP contribution < -0.4 is 5.32 Å². The Kier molecular flexibility index (Phi) is 4.82. The lowest BCUT2D eigenvalue weighted by Crippen LogP contribution is -2.17. The number of rotatable bonds is 4. The van der Waals surface area contributed by atoms with Crippen LogP contribution in [0, 0.1) is 10.1 Å². The Morgan fingerprint density at radius 3 is 2.56 bits per heavy atom. The molecule has 0 spiro atoms. The van der Waals surface area contributed by atoms with Crippen molar-refractivity contribution in [1.82, 2.24) is 5.32 Å². The predicted molar refractivity (Wildman–Crippen MR) is 100 cm³/mol. The van der Waals surface area contributed by atoms with Gasteiger partial charge in [0.25, 0.3) is 5.91 Å². The normalized spacial score (nSPS) is 15.4. The molecular formula is C17H12N2O4S2. The maximum absolute atomic E-state index is 11.8. The number of phenols is 1. The van der Waals surface area contributed by atoms with Crippen molar-refractivity contribution < 1.29 is 14.8 Å². The van der Waals surface area contributed by atoms with Gasteiger partial charge in [0.2, 0.25) is 5.75 Å². The number of nitrogens with one attached hydrogen (secondary N) is 1. The van der Waals surface area contributed by atoms with Crippen molar-refractivity contribution in [3.63, 3.8) is 0 Å². The van der Waals surface area contributed by atoms with Crippen molar-refractivity contribution in [2.75, 3.05) is 0 Å². The van der Waals surface area contributed by atoms with Gasteiger partial charge >= 0.3 is 5.69 Å². The Morgan fingerprint density at radius 2 is 1.96 bits per heavy atom. The Bertz CT molecular complexity index is 910. The fourth-order valence-electron chi connectivity index (χ4n) is 2.45. The highest BCUT2D eigenvalue weighted by Crippen LogP contribution is 2.36. The summed E-state index contributed by atoms with van der Waals surface area (Å²) in [7, 11) is 0. The van der Waals surface area contributed by atoms with Crippen molar-refractivity contribution in [2.45, 2.75) is 6.42 Å². The quantitative estimate of drug-likeness (QED) is 0.370. The number of hydrogen-bond acceptors (Lipinski definition) is 6. The van der Waals surface area contributed by atoms with E-state index in [1.807, 2.05) is 30.3 Å². The van der Waals surface area contributed by atoms with E-state index < -0.39 is 16.4 Å². The average Bonchev–Trinajstić information content (AvgIpc) is 2.88. The number of thiocarbonyl (C=S) groups is 1. The predicted octanol–water partition coefficient (Wildman–Crippen LogP) is 3.38. The molecule has 25 heavy (non-hydrogen) atoms. The minimum Gasteiger partial charge on any atom is -0.502 e. The minimum atomic E-state index is -0.641. The molecule has 3 rings (SSSR count). The molecule has 6 nitrogen and oxygen atoms in total. The second-order valence-electron chi connectivity index (χ2n) is 5.32. The second-order valence-corrected chi connectivity index (χ2v) is 7.04. The summed E-state index contributed by atoms with van der Waals surface area (Å²) in [5.74, 6) is -0.856. The summed E-state index contributed by atoms with van der Waals surface area (Å²) in [6.45, 7) is 0. The third-order valence-electron chi connectivity index (χ3n) is 3.56. The van der Waals surface area contributed by atoms with Gasteiger partial charge in [-0.1, -0.05) is 54.3 Å². The third kappa shape index (κ3) is 3.86. The van der Waals surface area contributed by atoms with E-state index >= 15 is 0 Å². The number of thioether (sulfide) groups is 1. The van der Waals surface area contributed by atoms with Crippen LogP contribution in [0.3, 0.4) is 0 Å². The van der Waals surface area contributed by atoms with E-state index in [9.17, 15) is 20.0 Å². The minimum absolute atomic E-state index is 0.211. The molecule has 0 aromatic heterocycles. The molecule has 1 fully saturated rings. The number of nitrogens with zero attached hydrogens (tertiary/aromatic N) is 1. The van der Waals surface area contributed by atoms with Crippen molar-refractivity contribution in [2.24, 2.45) is 0 Å². The molecular weight excluding hydrogens is 360 g/mol. The van der Waals surface area contributed by atoms with Crippen LogP contribution in [-0.2, 0) is 11.2 Å². The highest BCUT2D eigenvalue weighted by Gasteiger charge is 2.24. The van der Waals surface area contributed by atoms with Gasteiger partial charge in [-0.05, 0) is 29.7 Å². The molecule has 1 aliphatic rings. The summed E-state index contributed by atoms with van der Waals surface area (Å²) in [4.78, 5) is 22.7. The zero-order valence-electron chi connectivity index (χ0n) is 12.8. The first-order valence-corrected chi connectivity index (χ1v) is 8.45. The first kappa shape index (κ1) is 17.1. The molecule has 0 bridgehead atoms. The largest absolute Gasteiger partial charge is 0.502 e. The first-order chi connectivity index (χ1) is 11.9. The smallest absolute Gasteiger partial charge is 0.311 e. The van der Waals surface area contributed by atoms with Gasteiger partial charge in [0.1, 0.15) is 4.32 Å². The van der Waals surface area contributed by atoms with Gasteiger partial charge in [-0.15, -0.1) is 0 Å². The molecule has 2 N–H and O–H groups in total. The number of hydrogen-bond donors (Lipinski definition) is 2. The number of aromatic hydroxyl groups is 1. The number of phenolic OH excluding ortho intramolecular Hbond substituents is 1. The molecule has 0 aliphatic carbocycles. The number of amides is 1. The first-order valence-electron chi connectivity index (χ1n) is 7.23. The van der Waals surface area contributed by atoms with Crippen molar-refractivity contribution in [3.8, 4) is 5.75 Å². The second kappa shape index (κ2) is 7.04. The Hall–Kier alpha value is -2.71. The molecule has 0 radical (unpaired) electrons. The van der Waals surface area contributed by atoms with Gasteiger partial charge in [-0.2, -0.15) is 0 Å². The molecule has 1 amide bonds. The van der Waals surface area contributed by atoms with Crippen LogP contribution in [0.5, 0.6) is 5.75 Å². The maximum atomic E-state index is 11.8. The van der Waals surface area contributed by atoms with Crippen LogP contribution in [0.15, 0.2) is 47.4 Å². The van der Waals surface area contributed by atoms with Gasteiger partial charge in [-0.25, -0.2) is 0 Å². The lowest BCUT2D eigenvalue weighted by molar-refractivity contribution is -0.385. The van der Waals surface area contributed by atoms with Gasteiger partial charge in [0, 0.05) is 11.6 Å². The van der Waals surface area contributed by atoms with E-state index in [-0.39, 0.29) is 16.4 Å². The van der Waals surface area contributed by atoms with Crippen molar-refractivity contribution in [1.29, 1.82) is 0 Å². The van der Waals surface area contributed by atoms with Crippen molar-refractivity contribution in [3.05, 3.63) is 74.2 Å². The number of nitro benzene ring substituents is 1. The summed E-state index contributed by atoms with van der Waals surface area (Å²) >= 11 is 5.97. The SMILES string of the molecule is O=C1NC(=S)S/C1=C/c1cc(Cc2ccccc2)cc([N+](=O)[O-])c1O. The maximum Gasteiger partial charge on any atom is 0.311 e. The van der Waals surface area contributed by atoms with Crippen LogP contribution in [0.2, 0.25) is 0 Å². The van der Waals surface area contributed by atoms with Crippen LogP contribution in [0.1, 0.15) is 16.7 Å². The number of benzene rings is 2. The van der Waals surface area contributed by atoms with Gasteiger partial charge < -0.3 is 10.4 Å². The van der Waals surface area contributed by atoms with Crippen LogP contribution >= 0.6 is 24.0 Å². The molecule has 0 unspecified atom stereocenters. The van der Waals surface area contributed by atoms with Crippen molar-refractivity contribution >= 4 is 46.0 Å². The highest BCUT2D eigenvalue weighted by atomic mass is 32.2. The molecule has 126 valence electrons. The third-order valence-corrected chi connectivity index (χ3v) is 4.72. The zero-order chi connectivity index (χ0) is 18.0. The summed E-state index contributed by atoms with van der Waals surface area (Å²) in [5, 5.41) is 23.9. The molecule has 0 saturated carbocycles. The molecule has 2 aromatic rings. The van der Waals surface area contributed by atoms with Crippen LogP contribution in [0.25, 0.3) is 6.08 Å². The van der Waals surface area contributed by atoms with E-state index in [1.54, 1.807) is 6.07 Å².